The minimum absolute atomic E-state index is 0.0382. The van der Waals surface area contributed by atoms with E-state index in [4.69, 9.17) is 15.8 Å². The number of hydrogen-bond acceptors (Lipinski definition) is 4. The molecule has 2 rings (SSSR count). The van der Waals surface area contributed by atoms with Crippen molar-refractivity contribution in [2.24, 2.45) is 0 Å². The molecular formula is C12H12ClNO3S2. The van der Waals surface area contributed by atoms with Gasteiger partial charge in [0.1, 0.15) is 0 Å². The molecule has 0 saturated carbocycles. The Balaban J connectivity index is 1.99. The summed E-state index contributed by atoms with van der Waals surface area (Å²) in [6.45, 7) is 0.0382. The SMILES string of the molecule is CS(=O)(=O)OCc1c[nH]c(Sc2ccc(Cl)cc2)c1. The molecular weight excluding hydrogens is 306 g/mol. The third-order valence-corrected chi connectivity index (χ3v) is 3.96. The molecule has 0 aliphatic rings. The molecule has 0 bridgehead atoms. The first-order chi connectivity index (χ1) is 8.92. The number of benzene rings is 1. The number of aromatic nitrogens is 1. The van der Waals surface area contributed by atoms with Crippen LogP contribution in [0.4, 0.5) is 0 Å². The lowest BCUT2D eigenvalue weighted by Crippen LogP contribution is -2.01. The Bertz CT molecular complexity index is 650. The van der Waals surface area contributed by atoms with Gasteiger partial charge in [0, 0.05) is 16.1 Å². The van der Waals surface area contributed by atoms with Gasteiger partial charge in [0.15, 0.2) is 0 Å². The van der Waals surface area contributed by atoms with Gasteiger partial charge in [0.25, 0.3) is 10.1 Å². The number of rotatable bonds is 5. The van der Waals surface area contributed by atoms with Gasteiger partial charge in [-0.1, -0.05) is 23.4 Å². The molecule has 1 aromatic carbocycles. The molecule has 0 atom stereocenters. The van der Waals surface area contributed by atoms with Crippen LogP contribution in [0.1, 0.15) is 5.56 Å². The number of nitrogens with one attached hydrogen (secondary N) is 1. The molecule has 0 spiro atoms. The van der Waals surface area contributed by atoms with Crippen LogP contribution >= 0.6 is 23.4 Å². The van der Waals surface area contributed by atoms with Crippen molar-refractivity contribution in [3.63, 3.8) is 0 Å². The van der Waals surface area contributed by atoms with Crippen molar-refractivity contribution in [3.05, 3.63) is 47.1 Å². The highest BCUT2D eigenvalue weighted by Gasteiger charge is 2.06. The predicted molar refractivity (Wildman–Crippen MR) is 76.0 cm³/mol. The van der Waals surface area contributed by atoms with Crippen LogP contribution in [0.15, 0.2) is 46.5 Å². The van der Waals surface area contributed by atoms with Gasteiger partial charge >= 0.3 is 0 Å². The summed E-state index contributed by atoms with van der Waals surface area (Å²) < 4.78 is 26.5. The van der Waals surface area contributed by atoms with E-state index in [-0.39, 0.29) is 6.61 Å². The van der Waals surface area contributed by atoms with E-state index in [9.17, 15) is 8.42 Å². The highest BCUT2D eigenvalue weighted by molar-refractivity contribution is 7.99. The summed E-state index contributed by atoms with van der Waals surface area (Å²) >= 11 is 7.34. The van der Waals surface area contributed by atoms with Crippen molar-refractivity contribution in [2.75, 3.05) is 6.26 Å². The summed E-state index contributed by atoms with van der Waals surface area (Å²) in [5.74, 6) is 0. The third-order valence-electron chi connectivity index (χ3n) is 2.20. The van der Waals surface area contributed by atoms with Gasteiger partial charge in [-0.05, 0) is 35.9 Å². The largest absolute Gasteiger partial charge is 0.356 e. The zero-order valence-electron chi connectivity index (χ0n) is 10.1. The first-order valence-electron chi connectivity index (χ1n) is 5.37. The number of H-pyrrole nitrogens is 1. The fourth-order valence-corrected chi connectivity index (χ4v) is 2.69. The maximum absolute atomic E-state index is 10.9. The van der Waals surface area contributed by atoms with Crippen LogP contribution in [-0.2, 0) is 20.9 Å². The van der Waals surface area contributed by atoms with Gasteiger partial charge in [0.2, 0.25) is 0 Å². The smallest absolute Gasteiger partial charge is 0.264 e. The molecule has 0 saturated heterocycles. The van der Waals surface area contributed by atoms with E-state index in [0.717, 1.165) is 21.7 Å². The average molecular weight is 318 g/mol. The van der Waals surface area contributed by atoms with E-state index < -0.39 is 10.1 Å². The molecule has 0 unspecified atom stereocenters. The van der Waals surface area contributed by atoms with Crippen molar-refractivity contribution < 1.29 is 12.6 Å². The lowest BCUT2D eigenvalue weighted by molar-refractivity contribution is 0.312. The Kier molecular flexibility index (Phi) is 4.57. The molecule has 0 amide bonds. The number of halogens is 1. The van der Waals surface area contributed by atoms with E-state index in [0.29, 0.717) is 5.02 Å². The lowest BCUT2D eigenvalue weighted by atomic mass is 10.4. The molecule has 1 heterocycles. The van der Waals surface area contributed by atoms with Gasteiger partial charge in [-0.15, -0.1) is 0 Å². The molecule has 1 aromatic heterocycles. The Morgan fingerprint density at radius 1 is 1.32 bits per heavy atom. The van der Waals surface area contributed by atoms with E-state index in [2.05, 4.69) is 4.98 Å². The Morgan fingerprint density at radius 3 is 2.63 bits per heavy atom. The minimum atomic E-state index is -3.41. The molecule has 0 radical (unpaired) electrons. The fraction of sp³-hybridized carbons (Fsp3) is 0.167. The van der Waals surface area contributed by atoms with Crippen molar-refractivity contribution in [1.29, 1.82) is 0 Å². The van der Waals surface area contributed by atoms with Gasteiger partial charge in [-0.25, -0.2) is 0 Å². The predicted octanol–water partition coefficient (Wildman–Crippen LogP) is 3.30. The van der Waals surface area contributed by atoms with E-state index in [1.54, 1.807) is 6.20 Å². The Morgan fingerprint density at radius 2 is 2.00 bits per heavy atom. The molecule has 7 heteroatoms. The maximum Gasteiger partial charge on any atom is 0.264 e. The summed E-state index contributed by atoms with van der Waals surface area (Å²) in [4.78, 5) is 4.10. The van der Waals surface area contributed by atoms with Crippen molar-refractivity contribution in [2.45, 2.75) is 16.5 Å². The van der Waals surface area contributed by atoms with Gasteiger partial charge in [-0.3, -0.25) is 4.18 Å². The molecule has 102 valence electrons. The second-order valence-corrected chi connectivity index (χ2v) is 7.09. The molecule has 0 fully saturated rings. The van der Waals surface area contributed by atoms with E-state index in [1.807, 2.05) is 30.3 Å². The molecule has 19 heavy (non-hydrogen) atoms. The summed E-state index contributed by atoms with van der Waals surface area (Å²) in [6.07, 6.45) is 2.76. The van der Waals surface area contributed by atoms with Crippen LogP contribution in [0, 0.1) is 0 Å². The zero-order valence-corrected chi connectivity index (χ0v) is 12.5. The second-order valence-electron chi connectivity index (χ2n) is 3.89. The van der Waals surface area contributed by atoms with Gasteiger partial charge in [-0.2, -0.15) is 8.42 Å². The number of aromatic amines is 1. The van der Waals surface area contributed by atoms with Gasteiger partial charge < -0.3 is 4.98 Å². The van der Waals surface area contributed by atoms with Crippen LogP contribution in [0.25, 0.3) is 0 Å². The van der Waals surface area contributed by atoms with Crippen LogP contribution in [0.3, 0.4) is 0 Å². The standard InChI is InChI=1S/C12H12ClNO3S2/c1-19(15,16)17-8-9-6-12(14-7-9)18-11-4-2-10(13)3-5-11/h2-7,14H,8H2,1H3. The molecule has 2 aromatic rings. The lowest BCUT2D eigenvalue weighted by Gasteiger charge is -1.99. The quantitative estimate of drug-likeness (QED) is 0.860. The molecule has 0 aliphatic heterocycles. The average Bonchev–Trinajstić information content (AvgIpc) is 2.77. The second kappa shape index (κ2) is 6.00. The zero-order chi connectivity index (χ0) is 13.9. The number of hydrogen-bond donors (Lipinski definition) is 1. The van der Waals surface area contributed by atoms with Crippen LogP contribution in [0.5, 0.6) is 0 Å². The summed E-state index contributed by atoms with van der Waals surface area (Å²) in [5.41, 5.74) is 0.780. The van der Waals surface area contributed by atoms with Crippen molar-refractivity contribution in [1.82, 2.24) is 4.98 Å². The van der Waals surface area contributed by atoms with Gasteiger partial charge in [0.05, 0.1) is 17.9 Å². The monoisotopic (exact) mass is 317 g/mol. The van der Waals surface area contributed by atoms with E-state index >= 15 is 0 Å². The Labute approximate surface area is 121 Å². The highest BCUT2D eigenvalue weighted by atomic mass is 35.5. The normalized spacial score (nSPS) is 11.7. The van der Waals surface area contributed by atoms with Crippen LogP contribution < -0.4 is 0 Å². The topological polar surface area (TPSA) is 59.2 Å². The first kappa shape index (κ1) is 14.5. The summed E-state index contributed by atoms with van der Waals surface area (Å²) in [6, 6.07) is 9.33. The third kappa shape index (κ3) is 4.91. The van der Waals surface area contributed by atoms with Crippen molar-refractivity contribution in [3.8, 4) is 0 Å². The molecule has 0 aliphatic carbocycles. The van der Waals surface area contributed by atoms with Crippen LogP contribution in [-0.4, -0.2) is 19.7 Å². The fourth-order valence-electron chi connectivity index (χ4n) is 1.36. The molecule has 4 nitrogen and oxygen atoms in total. The minimum Gasteiger partial charge on any atom is -0.356 e. The Hall–Kier alpha value is -0.950. The first-order valence-corrected chi connectivity index (χ1v) is 8.38. The maximum atomic E-state index is 10.9. The highest BCUT2D eigenvalue weighted by Crippen LogP contribution is 2.28. The molecule has 1 N–H and O–H groups in total. The van der Waals surface area contributed by atoms with Crippen LogP contribution in [0.2, 0.25) is 5.02 Å². The summed E-state index contributed by atoms with van der Waals surface area (Å²) in [7, 11) is -3.41. The summed E-state index contributed by atoms with van der Waals surface area (Å²) in [5, 5.41) is 1.60. The van der Waals surface area contributed by atoms with E-state index in [1.165, 1.54) is 11.8 Å². The van der Waals surface area contributed by atoms with Crippen molar-refractivity contribution >= 4 is 33.5 Å².